The van der Waals surface area contributed by atoms with E-state index in [4.69, 9.17) is 10.5 Å². The molecule has 0 saturated carbocycles. The van der Waals surface area contributed by atoms with E-state index in [-0.39, 0.29) is 12.0 Å². The van der Waals surface area contributed by atoms with Crippen molar-refractivity contribution in [1.82, 2.24) is 15.2 Å². The number of piperazine rings is 1. The zero-order valence-electron chi connectivity index (χ0n) is 16.9. The summed E-state index contributed by atoms with van der Waals surface area (Å²) in [7, 11) is 0. The van der Waals surface area contributed by atoms with Crippen molar-refractivity contribution in [2.45, 2.75) is 46.3 Å². The van der Waals surface area contributed by atoms with Gasteiger partial charge < -0.3 is 25.6 Å². The van der Waals surface area contributed by atoms with Gasteiger partial charge in [-0.3, -0.25) is 4.99 Å². The summed E-state index contributed by atoms with van der Waals surface area (Å²) in [5.41, 5.74) is 5.67. The van der Waals surface area contributed by atoms with Crippen LogP contribution in [0.2, 0.25) is 0 Å². The Morgan fingerprint density at radius 2 is 2.04 bits per heavy atom. The van der Waals surface area contributed by atoms with Gasteiger partial charge in [-0.1, -0.05) is 13.8 Å². The van der Waals surface area contributed by atoms with Crippen LogP contribution in [-0.4, -0.2) is 66.3 Å². The summed E-state index contributed by atoms with van der Waals surface area (Å²) >= 11 is 1.65. The highest BCUT2D eigenvalue weighted by Crippen LogP contribution is 2.18. The number of hydrogen-bond donors (Lipinski definition) is 2. The van der Waals surface area contributed by atoms with Crippen molar-refractivity contribution >= 4 is 28.5 Å². The maximum atomic E-state index is 12.0. The molecule has 0 aromatic carbocycles. The van der Waals surface area contributed by atoms with Crippen molar-refractivity contribution in [2.24, 2.45) is 16.6 Å². The van der Waals surface area contributed by atoms with Gasteiger partial charge in [0.05, 0.1) is 12.6 Å². The van der Waals surface area contributed by atoms with Gasteiger partial charge in [0.1, 0.15) is 5.60 Å². The van der Waals surface area contributed by atoms with E-state index in [1.165, 1.54) is 0 Å². The molecular weight excluding hydrogens is 364 g/mol. The van der Waals surface area contributed by atoms with Gasteiger partial charge in [-0.05, 0) is 26.7 Å². The third-order valence-corrected chi connectivity index (χ3v) is 5.08. The minimum atomic E-state index is -0.523. The Kier molecular flexibility index (Phi) is 7.29. The molecule has 0 spiro atoms. The Hall–Kier alpha value is -2.03. The lowest BCUT2D eigenvalue weighted by atomic mass is 10.1. The monoisotopic (exact) mass is 396 g/mol. The van der Waals surface area contributed by atoms with Crippen molar-refractivity contribution in [1.29, 1.82) is 0 Å². The number of alkyl carbamates (subject to hydrolysis) is 1. The van der Waals surface area contributed by atoms with Crippen molar-refractivity contribution < 1.29 is 9.53 Å². The van der Waals surface area contributed by atoms with Crippen molar-refractivity contribution in [3.8, 4) is 0 Å². The van der Waals surface area contributed by atoms with Crippen LogP contribution >= 0.6 is 11.3 Å². The second-order valence-corrected chi connectivity index (χ2v) is 8.86. The minimum Gasteiger partial charge on any atom is -0.444 e. The van der Waals surface area contributed by atoms with Crippen LogP contribution in [0.5, 0.6) is 0 Å². The maximum absolute atomic E-state index is 12.0. The van der Waals surface area contributed by atoms with E-state index in [0.29, 0.717) is 12.5 Å². The number of rotatable bonds is 5. The quantitative estimate of drug-likeness (QED) is 0.585. The molecule has 1 saturated heterocycles. The first-order valence-corrected chi connectivity index (χ1v) is 10.2. The molecule has 8 nitrogen and oxygen atoms in total. The third kappa shape index (κ3) is 6.89. The van der Waals surface area contributed by atoms with Gasteiger partial charge in [0.2, 0.25) is 0 Å². The molecule has 1 atom stereocenters. The Bertz CT molecular complexity index is 618. The van der Waals surface area contributed by atoms with E-state index >= 15 is 0 Å². The number of thiazole rings is 1. The Labute approximate surface area is 165 Å². The number of carbonyl (C=O) groups excluding carboxylic acids is 1. The molecule has 9 heteroatoms. The second-order valence-electron chi connectivity index (χ2n) is 7.98. The molecule has 1 aliphatic rings. The topological polar surface area (TPSA) is 96.1 Å². The van der Waals surface area contributed by atoms with E-state index in [0.717, 1.165) is 31.3 Å². The zero-order valence-corrected chi connectivity index (χ0v) is 17.8. The Morgan fingerprint density at radius 3 is 2.56 bits per heavy atom. The lowest BCUT2D eigenvalue weighted by Gasteiger charge is -2.35. The molecule has 1 amide bonds. The first-order valence-electron chi connectivity index (χ1n) is 9.34. The maximum Gasteiger partial charge on any atom is 0.407 e. The average molecular weight is 397 g/mol. The van der Waals surface area contributed by atoms with E-state index in [1.54, 1.807) is 11.3 Å². The summed E-state index contributed by atoms with van der Waals surface area (Å²) in [5, 5.41) is 5.93. The molecule has 1 aliphatic heterocycles. The summed E-state index contributed by atoms with van der Waals surface area (Å²) in [6.45, 7) is 13.4. The minimum absolute atomic E-state index is 0.130. The van der Waals surface area contributed by atoms with Crippen LogP contribution in [0, 0.1) is 5.92 Å². The zero-order chi connectivity index (χ0) is 20.0. The third-order valence-electron chi connectivity index (χ3n) is 4.25. The molecule has 1 aromatic heterocycles. The molecule has 0 radical (unpaired) electrons. The van der Waals surface area contributed by atoms with Gasteiger partial charge in [-0.15, -0.1) is 11.3 Å². The van der Waals surface area contributed by atoms with E-state index in [9.17, 15) is 4.79 Å². The largest absolute Gasteiger partial charge is 0.444 e. The summed E-state index contributed by atoms with van der Waals surface area (Å²) in [6, 6.07) is -0.130. The summed E-state index contributed by atoms with van der Waals surface area (Å²) in [4.78, 5) is 25.3. The average Bonchev–Trinajstić information content (AvgIpc) is 3.11. The van der Waals surface area contributed by atoms with Crippen molar-refractivity contribution in [2.75, 3.05) is 37.6 Å². The van der Waals surface area contributed by atoms with Crippen molar-refractivity contribution in [3.63, 3.8) is 0 Å². The number of hydrogen-bond acceptors (Lipinski definition) is 6. The number of nitrogens with two attached hydrogens (primary N) is 1. The number of ether oxygens (including phenoxy) is 1. The van der Waals surface area contributed by atoms with Gasteiger partial charge in [0.25, 0.3) is 0 Å². The molecule has 0 aliphatic carbocycles. The summed E-state index contributed by atoms with van der Waals surface area (Å²) < 4.78 is 5.34. The Morgan fingerprint density at radius 1 is 1.37 bits per heavy atom. The number of amides is 1. The highest BCUT2D eigenvalue weighted by molar-refractivity contribution is 7.13. The standard InChI is InChI=1S/C18H32N6O2S/c1-13(2)14(22-17(25)26-18(3,4)5)12-21-15(19)23-7-9-24(10-8-23)16-20-6-11-27-16/h6,11,13-14H,7-10,12H2,1-5H3,(H2,19,21)(H,22,25). The fourth-order valence-corrected chi connectivity index (χ4v) is 3.37. The first-order chi connectivity index (χ1) is 12.7. The van der Waals surface area contributed by atoms with Crippen LogP contribution in [0.1, 0.15) is 34.6 Å². The normalized spacial score (nSPS) is 17.2. The molecule has 27 heavy (non-hydrogen) atoms. The Balaban J connectivity index is 1.85. The predicted molar refractivity (Wildman–Crippen MR) is 110 cm³/mol. The highest BCUT2D eigenvalue weighted by Gasteiger charge is 2.23. The number of aromatic nitrogens is 1. The SMILES string of the molecule is CC(C)C(CN=C(N)N1CCN(c2nccs2)CC1)NC(=O)OC(C)(C)C. The number of anilines is 1. The number of nitrogens with zero attached hydrogens (tertiary/aromatic N) is 4. The molecule has 152 valence electrons. The predicted octanol–water partition coefficient (Wildman–Crippen LogP) is 2.13. The van der Waals surface area contributed by atoms with Crippen molar-refractivity contribution in [3.05, 3.63) is 11.6 Å². The fraction of sp³-hybridized carbons (Fsp3) is 0.722. The fourth-order valence-electron chi connectivity index (χ4n) is 2.67. The number of aliphatic imine (C=N–C) groups is 1. The van der Waals surface area contributed by atoms with Crippen LogP contribution in [-0.2, 0) is 4.74 Å². The van der Waals surface area contributed by atoms with Gasteiger partial charge in [-0.2, -0.15) is 0 Å². The summed E-state index contributed by atoms with van der Waals surface area (Å²) in [5.74, 6) is 0.737. The molecule has 1 aromatic rings. The molecule has 0 bridgehead atoms. The molecule has 3 N–H and O–H groups in total. The van der Waals surface area contributed by atoms with E-state index in [2.05, 4.69) is 25.1 Å². The smallest absolute Gasteiger partial charge is 0.407 e. The number of carbonyl (C=O) groups is 1. The van der Waals surface area contributed by atoms with Gasteiger partial charge in [0, 0.05) is 37.8 Å². The van der Waals surface area contributed by atoms with Crippen LogP contribution in [0.3, 0.4) is 0 Å². The van der Waals surface area contributed by atoms with E-state index in [1.807, 2.05) is 46.2 Å². The second kappa shape index (κ2) is 9.25. The lowest BCUT2D eigenvalue weighted by Crippen LogP contribution is -2.51. The molecule has 1 unspecified atom stereocenters. The van der Waals surface area contributed by atoms with Gasteiger partial charge in [-0.25, -0.2) is 9.78 Å². The van der Waals surface area contributed by atoms with Crippen LogP contribution in [0.15, 0.2) is 16.6 Å². The highest BCUT2D eigenvalue weighted by atomic mass is 32.1. The van der Waals surface area contributed by atoms with Gasteiger partial charge >= 0.3 is 6.09 Å². The number of guanidine groups is 1. The van der Waals surface area contributed by atoms with E-state index < -0.39 is 11.7 Å². The molecule has 1 fully saturated rings. The number of nitrogens with one attached hydrogen (secondary N) is 1. The first kappa shape index (κ1) is 21.3. The lowest BCUT2D eigenvalue weighted by molar-refractivity contribution is 0.0493. The van der Waals surface area contributed by atoms with Gasteiger partial charge in [0.15, 0.2) is 11.1 Å². The molecular formula is C18H32N6O2S. The summed E-state index contributed by atoms with van der Waals surface area (Å²) in [6.07, 6.45) is 1.40. The van der Waals surface area contributed by atoms with Crippen LogP contribution in [0.25, 0.3) is 0 Å². The van der Waals surface area contributed by atoms with Crippen LogP contribution in [0.4, 0.5) is 9.93 Å². The molecule has 2 heterocycles. The van der Waals surface area contributed by atoms with Crippen LogP contribution < -0.4 is 16.0 Å². The molecule has 2 rings (SSSR count).